The first-order chi connectivity index (χ1) is 10.9. The number of nitrogens with zero attached hydrogens (tertiary/aromatic N) is 1. The highest BCUT2D eigenvalue weighted by Gasteiger charge is 2.36. The average molecular weight is 318 g/mol. The molecular formula is C17H22N2O4. The molecule has 23 heavy (non-hydrogen) atoms. The van der Waals surface area contributed by atoms with Gasteiger partial charge in [-0.3, -0.25) is 14.4 Å². The quantitative estimate of drug-likeness (QED) is 0.810. The summed E-state index contributed by atoms with van der Waals surface area (Å²) in [5.74, 6) is -0.594. The van der Waals surface area contributed by atoms with Crippen molar-refractivity contribution in [2.45, 2.75) is 26.3 Å². The van der Waals surface area contributed by atoms with E-state index in [4.69, 9.17) is 4.74 Å². The van der Waals surface area contributed by atoms with Crippen LogP contribution in [0.4, 0.5) is 5.69 Å². The fourth-order valence-corrected chi connectivity index (χ4v) is 2.70. The minimum atomic E-state index is -0.366. The number of ketones is 1. The molecule has 0 aliphatic carbocycles. The number of ether oxygens (including phenoxy) is 1. The molecule has 2 atom stereocenters. The van der Waals surface area contributed by atoms with Gasteiger partial charge < -0.3 is 15.0 Å². The molecule has 0 aromatic heterocycles. The summed E-state index contributed by atoms with van der Waals surface area (Å²) < 4.78 is 5.06. The fourth-order valence-electron chi connectivity index (χ4n) is 2.70. The summed E-state index contributed by atoms with van der Waals surface area (Å²) in [6, 6.07) is 6.68. The van der Waals surface area contributed by atoms with E-state index < -0.39 is 0 Å². The molecule has 0 saturated carbocycles. The van der Waals surface area contributed by atoms with Gasteiger partial charge in [0.15, 0.2) is 5.78 Å². The van der Waals surface area contributed by atoms with Gasteiger partial charge in [-0.2, -0.15) is 0 Å². The molecule has 2 amide bonds. The van der Waals surface area contributed by atoms with E-state index in [1.165, 1.54) is 6.92 Å². The fraction of sp³-hybridized carbons (Fsp3) is 0.471. The zero-order valence-corrected chi connectivity index (χ0v) is 13.7. The van der Waals surface area contributed by atoms with Crippen LogP contribution in [0.5, 0.6) is 0 Å². The zero-order chi connectivity index (χ0) is 17.0. The van der Waals surface area contributed by atoms with E-state index in [1.807, 2.05) is 6.92 Å². The number of likely N-dealkylation sites (tertiary alicyclic amines) is 1. The van der Waals surface area contributed by atoms with Crippen molar-refractivity contribution in [1.29, 1.82) is 0 Å². The van der Waals surface area contributed by atoms with Crippen molar-refractivity contribution in [3.63, 3.8) is 0 Å². The maximum absolute atomic E-state index is 12.3. The summed E-state index contributed by atoms with van der Waals surface area (Å²) in [4.78, 5) is 37.3. The third-order valence-corrected chi connectivity index (χ3v) is 4.03. The Bertz CT molecular complexity index is 597. The van der Waals surface area contributed by atoms with E-state index in [1.54, 1.807) is 36.3 Å². The first-order valence-electron chi connectivity index (χ1n) is 7.62. The lowest BCUT2D eigenvalue weighted by Gasteiger charge is -2.23. The molecule has 0 unspecified atom stereocenters. The minimum Gasteiger partial charge on any atom is -0.383 e. The SMILES string of the molecule is COC[C@@H](C)N1C[C@@H](C(=O)Nc2ccc(C(C)=O)cc2)CC1=O. The van der Waals surface area contributed by atoms with Crippen LogP contribution >= 0.6 is 0 Å². The highest BCUT2D eigenvalue weighted by Crippen LogP contribution is 2.22. The molecule has 1 aromatic carbocycles. The lowest BCUT2D eigenvalue weighted by atomic mass is 10.1. The van der Waals surface area contributed by atoms with Gasteiger partial charge in [0.2, 0.25) is 11.8 Å². The Balaban J connectivity index is 1.96. The number of carbonyl (C=O) groups excluding carboxylic acids is 3. The molecule has 0 spiro atoms. The molecule has 1 heterocycles. The monoisotopic (exact) mass is 318 g/mol. The van der Waals surface area contributed by atoms with E-state index in [2.05, 4.69) is 5.32 Å². The van der Waals surface area contributed by atoms with Crippen LogP contribution in [0, 0.1) is 5.92 Å². The van der Waals surface area contributed by atoms with Crippen LogP contribution in [-0.4, -0.2) is 48.8 Å². The number of hydrogen-bond donors (Lipinski definition) is 1. The van der Waals surface area contributed by atoms with E-state index >= 15 is 0 Å². The number of methoxy groups -OCH3 is 1. The number of anilines is 1. The van der Waals surface area contributed by atoms with Gasteiger partial charge in [-0.25, -0.2) is 0 Å². The van der Waals surface area contributed by atoms with Crippen LogP contribution in [0.15, 0.2) is 24.3 Å². The molecular weight excluding hydrogens is 296 g/mol. The maximum atomic E-state index is 12.3. The summed E-state index contributed by atoms with van der Waals surface area (Å²) in [5.41, 5.74) is 1.22. The van der Waals surface area contributed by atoms with Crippen molar-refractivity contribution >= 4 is 23.3 Å². The molecule has 6 heteroatoms. The third-order valence-electron chi connectivity index (χ3n) is 4.03. The number of amides is 2. The molecule has 0 bridgehead atoms. The standard InChI is InChI=1S/C17H22N2O4/c1-11(10-23-3)19-9-14(8-16(19)21)17(22)18-15-6-4-13(5-7-15)12(2)20/h4-7,11,14H,8-10H2,1-3H3,(H,18,22)/t11-,14+/m1/s1. The summed E-state index contributed by atoms with van der Waals surface area (Å²) in [6.07, 6.45) is 0.214. The Kier molecular flexibility index (Phi) is 5.50. The number of benzene rings is 1. The van der Waals surface area contributed by atoms with Crippen molar-refractivity contribution in [2.75, 3.05) is 25.6 Å². The van der Waals surface area contributed by atoms with E-state index in [0.717, 1.165) is 0 Å². The van der Waals surface area contributed by atoms with Gasteiger partial charge >= 0.3 is 0 Å². The number of nitrogens with one attached hydrogen (secondary N) is 1. The number of Topliss-reactive ketones (excluding diaryl/α,β-unsaturated/α-hetero) is 1. The molecule has 1 aliphatic heterocycles. The minimum absolute atomic E-state index is 0.0213. The zero-order valence-electron chi connectivity index (χ0n) is 13.7. The van der Waals surface area contributed by atoms with Gasteiger partial charge in [-0.1, -0.05) is 0 Å². The average Bonchev–Trinajstić information content (AvgIpc) is 2.90. The number of carbonyl (C=O) groups is 3. The Morgan fingerprint density at radius 2 is 2.00 bits per heavy atom. The molecule has 1 aromatic rings. The second-order valence-corrected chi connectivity index (χ2v) is 5.87. The summed E-state index contributed by atoms with van der Waals surface area (Å²) in [5, 5.41) is 2.80. The molecule has 0 radical (unpaired) electrons. The number of rotatable bonds is 6. The Morgan fingerprint density at radius 1 is 1.35 bits per heavy atom. The van der Waals surface area contributed by atoms with Crippen LogP contribution in [0.3, 0.4) is 0 Å². The van der Waals surface area contributed by atoms with Crippen LogP contribution in [0.1, 0.15) is 30.6 Å². The van der Waals surface area contributed by atoms with Gasteiger partial charge in [0.1, 0.15) is 0 Å². The summed E-state index contributed by atoms with van der Waals surface area (Å²) in [6.45, 7) is 4.25. The van der Waals surface area contributed by atoms with Crippen LogP contribution in [-0.2, 0) is 14.3 Å². The Hall–Kier alpha value is -2.21. The highest BCUT2D eigenvalue weighted by molar-refractivity contribution is 5.98. The molecule has 6 nitrogen and oxygen atoms in total. The van der Waals surface area contributed by atoms with Gasteiger partial charge in [-0.15, -0.1) is 0 Å². The van der Waals surface area contributed by atoms with Crippen LogP contribution in [0.25, 0.3) is 0 Å². The second kappa shape index (κ2) is 7.37. The van der Waals surface area contributed by atoms with Gasteiger partial charge in [-0.05, 0) is 38.1 Å². The Labute approximate surface area is 135 Å². The van der Waals surface area contributed by atoms with Crippen molar-refractivity contribution in [3.05, 3.63) is 29.8 Å². The van der Waals surface area contributed by atoms with Crippen LogP contribution in [0.2, 0.25) is 0 Å². The van der Waals surface area contributed by atoms with E-state index in [0.29, 0.717) is 24.4 Å². The molecule has 1 aliphatic rings. The van der Waals surface area contributed by atoms with Gasteiger partial charge in [0.05, 0.1) is 18.6 Å². The van der Waals surface area contributed by atoms with Crippen molar-refractivity contribution < 1.29 is 19.1 Å². The lowest BCUT2D eigenvalue weighted by Crippen LogP contribution is -2.38. The molecule has 2 rings (SSSR count). The topological polar surface area (TPSA) is 75.7 Å². The molecule has 124 valence electrons. The number of hydrogen-bond acceptors (Lipinski definition) is 4. The first kappa shape index (κ1) is 17.1. The largest absolute Gasteiger partial charge is 0.383 e. The van der Waals surface area contributed by atoms with Crippen molar-refractivity contribution in [2.24, 2.45) is 5.92 Å². The highest BCUT2D eigenvalue weighted by atomic mass is 16.5. The molecule has 1 N–H and O–H groups in total. The second-order valence-electron chi connectivity index (χ2n) is 5.87. The lowest BCUT2D eigenvalue weighted by molar-refractivity contribution is -0.130. The van der Waals surface area contributed by atoms with Crippen molar-refractivity contribution in [3.8, 4) is 0 Å². The molecule has 1 saturated heterocycles. The van der Waals surface area contributed by atoms with Crippen LogP contribution < -0.4 is 5.32 Å². The van der Waals surface area contributed by atoms with Gasteiger partial charge in [0.25, 0.3) is 0 Å². The predicted molar refractivity (Wildman–Crippen MR) is 86.2 cm³/mol. The van der Waals surface area contributed by atoms with E-state index in [-0.39, 0.29) is 36.0 Å². The van der Waals surface area contributed by atoms with Gasteiger partial charge in [0, 0.05) is 31.3 Å². The summed E-state index contributed by atoms with van der Waals surface area (Å²) in [7, 11) is 1.59. The summed E-state index contributed by atoms with van der Waals surface area (Å²) >= 11 is 0. The third kappa shape index (κ3) is 4.16. The van der Waals surface area contributed by atoms with Crippen molar-refractivity contribution in [1.82, 2.24) is 4.90 Å². The smallest absolute Gasteiger partial charge is 0.229 e. The maximum Gasteiger partial charge on any atom is 0.229 e. The molecule has 1 fully saturated rings. The normalized spacial score (nSPS) is 18.8. The van der Waals surface area contributed by atoms with E-state index in [9.17, 15) is 14.4 Å². The first-order valence-corrected chi connectivity index (χ1v) is 7.62. The predicted octanol–water partition coefficient (Wildman–Crippen LogP) is 1.71. The Morgan fingerprint density at radius 3 is 2.57 bits per heavy atom.